The lowest BCUT2D eigenvalue weighted by molar-refractivity contribution is -0.111. The van der Waals surface area contributed by atoms with Crippen LogP contribution in [0.5, 0.6) is 5.75 Å². The van der Waals surface area contributed by atoms with Gasteiger partial charge in [0.1, 0.15) is 18.5 Å². The highest BCUT2D eigenvalue weighted by molar-refractivity contribution is 6.01. The van der Waals surface area contributed by atoms with Gasteiger partial charge in [-0.25, -0.2) is 4.79 Å². The highest BCUT2D eigenvalue weighted by Crippen LogP contribution is 2.31. The van der Waals surface area contributed by atoms with E-state index in [4.69, 9.17) is 20.3 Å². The van der Waals surface area contributed by atoms with E-state index in [2.05, 4.69) is 10.6 Å². The first-order valence-electron chi connectivity index (χ1n) is 11.6. The zero-order chi connectivity index (χ0) is 26.6. The maximum absolute atomic E-state index is 12.7. The van der Waals surface area contributed by atoms with Gasteiger partial charge in [-0.2, -0.15) is 0 Å². The molecule has 1 atom stereocenters. The third-order valence-electron chi connectivity index (χ3n) is 5.24. The SMILES string of the molecule is CC(=O)c1ccc(NC(=O)O[C@@H](C/C=C/C(=O)Nc2ccccc2N)c2ccccc2OCCO)cc1. The molecule has 0 heterocycles. The van der Waals surface area contributed by atoms with Crippen molar-refractivity contribution in [2.45, 2.75) is 19.4 Å². The second-order valence-electron chi connectivity index (χ2n) is 7.98. The Balaban J connectivity index is 1.74. The molecule has 37 heavy (non-hydrogen) atoms. The van der Waals surface area contributed by atoms with Crippen LogP contribution in [0, 0.1) is 0 Å². The van der Waals surface area contributed by atoms with E-state index < -0.39 is 18.1 Å². The van der Waals surface area contributed by atoms with Crippen molar-refractivity contribution in [2.75, 3.05) is 29.6 Å². The van der Waals surface area contributed by atoms with Crippen LogP contribution in [-0.4, -0.2) is 36.1 Å². The fourth-order valence-electron chi connectivity index (χ4n) is 3.42. The number of Topliss-reactive ketones (excluding diaryl/α,β-unsaturated/α-hetero) is 1. The van der Waals surface area contributed by atoms with Crippen LogP contribution in [0.15, 0.2) is 84.9 Å². The summed E-state index contributed by atoms with van der Waals surface area (Å²) in [5, 5.41) is 14.5. The van der Waals surface area contributed by atoms with Crippen molar-refractivity contribution in [2.24, 2.45) is 0 Å². The van der Waals surface area contributed by atoms with Crippen LogP contribution in [0.2, 0.25) is 0 Å². The largest absolute Gasteiger partial charge is 0.491 e. The molecule has 3 aromatic rings. The summed E-state index contributed by atoms with van der Waals surface area (Å²) in [5.74, 6) is -0.0361. The Kier molecular flexibility index (Phi) is 9.81. The molecular weight excluding hydrogens is 474 g/mol. The second-order valence-corrected chi connectivity index (χ2v) is 7.98. The van der Waals surface area contributed by atoms with E-state index in [1.807, 2.05) is 0 Å². The van der Waals surface area contributed by atoms with Gasteiger partial charge in [-0.3, -0.25) is 14.9 Å². The first-order valence-corrected chi connectivity index (χ1v) is 11.6. The zero-order valence-corrected chi connectivity index (χ0v) is 20.3. The van der Waals surface area contributed by atoms with Gasteiger partial charge in [0.2, 0.25) is 5.91 Å². The standard InChI is InChI=1S/C28H29N3O6/c1-19(33)20-13-15-21(16-14-20)30-28(35)37-26(22-7-2-5-10-25(22)36-18-17-32)11-6-12-27(34)31-24-9-4-3-8-23(24)29/h2-10,12-16,26,32H,11,17-18,29H2,1H3,(H,30,35)(H,31,34)/b12-6+/t26-/m0/s1. The number of hydrogen-bond donors (Lipinski definition) is 4. The Labute approximate surface area is 214 Å². The van der Waals surface area contributed by atoms with Gasteiger partial charge >= 0.3 is 6.09 Å². The van der Waals surface area contributed by atoms with Gasteiger partial charge in [0.15, 0.2) is 5.78 Å². The van der Waals surface area contributed by atoms with Gasteiger partial charge < -0.3 is 25.6 Å². The minimum atomic E-state index is -0.808. The number of hydrogen-bond acceptors (Lipinski definition) is 7. The summed E-state index contributed by atoms with van der Waals surface area (Å²) in [7, 11) is 0. The van der Waals surface area contributed by atoms with E-state index in [1.165, 1.54) is 13.0 Å². The summed E-state index contributed by atoms with van der Waals surface area (Å²) in [6.45, 7) is 1.34. The molecule has 192 valence electrons. The monoisotopic (exact) mass is 503 g/mol. The van der Waals surface area contributed by atoms with Crippen molar-refractivity contribution < 1.29 is 29.0 Å². The quantitative estimate of drug-likeness (QED) is 0.169. The number of nitrogens with two attached hydrogens (primary N) is 1. The Morgan fingerprint density at radius 2 is 1.68 bits per heavy atom. The van der Waals surface area contributed by atoms with Crippen molar-refractivity contribution in [3.8, 4) is 5.75 Å². The molecule has 0 fully saturated rings. The summed E-state index contributed by atoms with van der Waals surface area (Å²) in [4.78, 5) is 36.6. The minimum Gasteiger partial charge on any atom is -0.491 e. The number of ketones is 1. The summed E-state index contributed by atoms with van der Waals surface area (Å²) in [6, 6.07) is 20.3. The number of benzene rings is 3. The van der Waals surface area contributed by atoms with Crippen LogP contribution >= 0.6 is 0 Å². The van der Waals surface area contributed by atoms with E-state index in [0.29, 0.717) is 33.9 Å². The fourth-order valence-corrected chi connectivity index (χ4v) is 3.42. The lowest BCUT2D eigenvalue weighted by Gasteiger charge is -2.20. The number of amides is 2. The van der Waals surface area contributed by atoms with E-state index in [-0.39, 0.29) is 25.4 Å². The molecule has 0 bridgehead atoms. The second kappa shape index (κ2) is 13.5. The van der Waals surface area contributed by atoms with Crippen LogP contribution in [-0.2, 0) is 9.53 Å². The Hall–Kier alpha value is -4.63. The van der Waals surface area contributed by atoms with Gasteiger partial charge in [0.05, 0.1) is 18.0 Å². The topological polar surface area (TPSA) is 140 Å². The maximum atomic E-state index is 12.7. The van der Waals surface area contributed by atoms with Crippen molar-refractivity contribution in [3.63, 3.8) is 0 Å². The molecule has 0 aliphatic carbocycles. The van der Waals surface area contributed by atoms with Crippen molar-refractivity contribution in [3.05, 3.63) is 96.1 Å². The number of nitrogens with one attached hydrogen (secondary N) is 2. The number of carbonyl (C=O) groups is 3. The van der Waals surface area contributed by atoms with Crippen LogP contribution in [0.4, 0.5) is 21.9 Å². The number of anilines is 3. The molecule has 0 aromatic heterocycles. The lowest BCUT2D eigenvalue weighted by atomic mass is 10.0. The summed E-state index contributed by atoms with van der Waals surface area (Å²) >= 11 is 0. The molecule has 0 aliphatic rings. The normalized spacial score (nSPS) is 11.5. The van der Waals surface area contributed by atoms with Crippen molar-refractivity contribution >= 4 is 34.8 Å². The minimum absolute atomic E-state index is 0.0647. The molecule has 0 unspecified atom stereocenters. The number of aliphatic hydroxyl groups is 1. The van der Waals surface area contributed by atoms with Crippen molar-refractivity contribution in [1.29, 1.82) is 0 Å². The molecule has 9 nitrogen and oxygen atoms in total. The van der Waals surface area contributed by atoms with Crippen LogP contribution in [0.25, 0.3) is 0 Å². The van der Waals surface area contributed by atoms with Gasteiger partial charge in [-0.05, 0) is 55.5 Å². The third-order valence-corrected chi connectivity index (χ3v) is 5.24. The number of aliphatic hydroxyl groups excluding tert-OH is 1. The van der Waals surface area contributed by atoms with Crippen LogP contribution in [0.3, 0.4) is 0 Å². The molecule has 2 amide bonds. The van der Waals surface area contributed by atoms with E-state index in [0.717, 1.165) is 0 Å². The lowest BCUT2D eigenvalue weighted by Crippen LogP contribution is -2.18. The third kappa shape index (κ3) is 8.22. The van der Waals surface area contributed by atoms with E-state index >= 15 is 0 Å². The number of para-hydroxylation sites is 3. The molecule has 3 aromatic carbocycles. The fraction of sp³-hybridized carbons (Fsp3) is 0.179. The number of ether oxygens (including phenoxy) is 2. The average molecular weight is 504 g/mol. The van der Waals surface area contributed by atoms with Crippen molar-refractivity contribution in [1.82, 2.24) is 0 Å². The smallest absolute Gasteiger partial charge is 0.412 e. The predicted octanol–water partition coefficient (Wildman–Crippen LogP) is 4.72. The Bertz CT molecular complexity index is 1260. The number of rotatable bonds is 11. The molecule has 5 N–H and O–H groups in total. The van der Waals surface area contributed by atoms with Gasteiger partial charge in [-0.1, -0.05) is 36.4 Å². The van der Waals surface area contributed by atoms with Crippen LogP contribution < -0.4 is 21.1 Å². The molecule has 9 heteroatoms. The maximum Gasteiger partial charge on any atom is 0.412 e. The molecular formula is C28H29N3O6. The number of nitrogen functional groups attached to an aromatic ring is 1. The molecule has 0 aliphatic heterocycles. The number of carbonyl (C=O) groups excluding carboxylic acids is 3. The molecule has 0 radical (unpaired) electrons. The first-order chi connectivity index (χ1) is 17.9. The molecule has 0 spiro atoms. The van der Waals surface area contributed by atoms with Gasteiger partial charge in [0, 0.05) is 23.2 Å². The highest BCUT2D eigenvalue weighted by Gasteiger charge is 2.20. The zero-order valence-electron chi connectivity index (χ0n) is 20.3. The molecule has 0 saturated carbocycles. The Morgan fingerprint density at radius 3 is 2.38 bits per heavy atom. The van der Waals surface area contributed by atoms with E-state index in [9.17, 15) is 14.4 Å². The molecule has 3 rings (SSSR count). The average Bonchev–Trinajstić information content (AvgIpc) is 2.88. The highest BCUT2D eigenvalue weighted by atomic mass is 16.6. The summed E-state index contributed by atoms with van der Waals surface area (Å²) in [6.07, 6.45) is 1.54. The predicted molar refractivity (Wildman–Crippen MR) is 142 cm³/mol. The molecule has 0 saturated heterocycles. The summed E-state index contributed by atoms with van der Waals surface area (Å²) < 4.78 is 11.3. The summed E-state index contributed by atoms with van der Waals surface area (Å²) in [5.41, 5.74) is 8.33. The Morgan fingerprint density at radius 1 is 0.973 bits per heavy atom. The van der Waals surface area contributed by atoms with Gasteiger partial charge in [-0.15, -0.1) is 0 Å². The first kappa shape index (κ1) is 27.0. The van der Waals surface area contributed by atoms with E-state index in [1.54, 1.807) is 78.9 Å². The van der Waals surface area contributed by atoms with Crippen LogP contribution in [0.1, 0.15) is 35.4 Å². The van der Waals surface area contributed by atoms with Gasteiger partial charge in [0.25, 0.3) is 0 Å².